The molecule has 20 heavy (non-hydrogen) atoms. The molecule has 0 spiro atoms. The molecule has 1 aliphatic carbocycles. The van der Waals surface area contributed by atoms with E-state index in [0.29, 0.717) is 5.92 Å². The zero-order chi connectivity index (χ0) is 14.6. The number of likely N-dealkylation sites (N-methyl/N-ethyl adjacent to an activating group) is 1. The molecule has 2 aliphatic rings. The lowest BCUT2D eigenvalue weighted by Crippen LogP contribution is -2.58. The van der Waals surface area contributed by atoms with Crippen molar-refractivity contribution in [2.75, 3.05) is 45.8 Å². The third-order valence-electron chi connectivity index (χ3n) is 4.53. The molecule has 4 heteroatoms. The molecule has 0 amide bonds. The molecule has 2 rings (SSSR count). The van der Waals surface area contributed by atoms with Crippen molar-refractivity contribution in [1.82, 2.24) is 15.1 Å². The van der Waals surface area contributed by atoms with Crippen LogP contribution in [-0.2, 0) is 0 Å². The molecule has 0 aromatic rings. The molecule has 114 valence electrons. The molecule has 0 aromatic heterocycles. The topological polar surface area (TPSA) is 42.3 Å². The van der Waals surface area contributed by atoms with E-state index in [1.54, 1.807) is 0 Å². The Morgan fingerprint density at radius 2 is 1.80 bits per heavy atom. The van der Waals surface area contributed by atoms with Gasteiger partial charge in [0.05, 0.1) is 6.07 Å². The van der Waals surface area contributed by atoms with Gasteiger partial charge in [0.25, 0.3) is 0 Å². The van der Waals surface area contributed by atoms with Gasteiger partial charge in [0.1, 0.15) is 5.54 Å². The van der Waals surface area contributed by atoms with Crippen molar-refractivity contribution in [3.63, 3.8) is 0 Å². The SMILES string of the molecule is CCNC(C#N)(CN1CCN(CC(C)C)CC1)C1CC1. The van der Waals surface area contributed by atoms with Crippen LogP contribution < -0.4 is 5.32 Å². The van der Waals surface area contributed by atoms with Gasteiger partial charge in [-0.3, -0.25) is 10.2 Å². The van der Waals surface area contributed by atoms with Crippen LogP contribution in [0, 0.1) is 23.2 Å². The van der Waals surface area contributed by atoms with Crippen molar-refractivity contribution in [3.05, 3.63) is 0 Å². The van der Waals surface area contributed by atoms with E-state index in [1.165, 1.54) is 19.4 Å². The second kappa shape index (κ2) is 6.89. The second-order valence-electron chi connectivity index (χ2n) is 6.86. The Morgan fingerprint density at radius 1 is 1.20 bits per heavy atom. The van der Waals surface area contributed by atoms with E-state index < -0.39 is 0 Å². The van der Waals surface area contributed by atoms with Crippen LogP contribution in [0.4, 0.5) is 0 Å². The standard InChI is InChI=1S/C16H30N4/c1-4-18-16(12-17,15-5-6-15)13-20-9-7-19(8-10-20)11-14(2)3/h14-15,18H,4-11,13H2,1-3H3. The molecule has 4 nitrogen and oxygen atoms in total. The van der Waals surface area contributed by atoms with E-state index in [2.05, 4.69) is 42.0 Å². The molecule has 1 aliphatic heterocycles. The summed E-state index contributed by atoms with van der Waals surface area (Å²) in [6.07, 6.45) is 2.43. The summed E-state index contributed by atoms with van der Waals surface area (Å²) in [4.78, 5) is 5.04. The van der Waals surface area contributed by atoms with Crippen molar-refractivity contribution >= 4 is 0 Å². The average molecular weight is 278 g/mol. The van der Waals surface area contributed by atoms with E-state index in [0.717, 1.165) is 45.2 Å². The molecule has 1 saturated carbocycles. The summed E-state index contributed by atoms with van der Waals surface area (Å²) in [5, 5.41) is 13.2. The van der Waals surface area contributed by atoms with Crippen LogP contribution in [0.5, 0.6) is 0 Å². The highest BCUT2D eigenvalue weighted by molar-refractivity contribution is 5.16. The first kappa shape index (κ1) is 15.8. The Labute approximate surface area is 124 Å². The van der Waals surface area contributed by atoms with Gasteiger partial charge in [-0.05, 0) is 31.2 Å². The molecule has 0 radical (unpaired) electrons. The molecule has 1 N–H and O–H groups in total. The largest absolute Gasteiger partial charge is 0.301 e. The van der Waals surface area contributed by atoms with Gasteiger partial charge in [-0.15, -0.1) is 0 Å². The Morgan fingerprint density at radius 3 is 2.25 bits per heavy atom. The summed E-state index contributed by atoms with van der Waals surface area (Å²) in [5.74, 6) is 1.31. The fourth-order valence-corrected chi connectivity index (χ4v) is 3.39. The van der Waals surface area contributed by atoms with Crippen LogP contribution in [0.1, 0.15) is 33.6 Å². The van der Waals surface area contributed by atoms with E-state index >= 15 is 0 Å². The first-order valence-corrected chi connectivity index (χ1v) is 8.20. The lowest BCUT2D eigenvalue weighted by Gasteiger charge is -2.40. The maximum Gasteiger partial charge on any atom is 0.122 e. The molecule has 0 aromatic carbocycles. The van der Waals surface area contributed by atoms with Gasteiger partial charge in [-0.2, -0.15) is 5.26 Å². The Hall–Kier alpha value is -0.630. The first-order valence-electron chi connectivity index (χ1n) is 8.20. The molecule has 1 atom stereocenters. The Balaban J connectivity index is 1.85. The van der Waals surface area contributed by atoms with Crippen LogP contribution in [-0.4, -0.2) is 61.2 Å². The number of nitriles is 1. The number of hydrogen-bond acceptors (Lipinski definition) is 4. The maximum atomic E-state index is 9.67. The molecule has 2 fully saturated rings. The minimum atomic E-state index is -0.297. The van der Waals surface area contributed by atoms with Crippen LogP contribution in [0.3, 0.4) is 0 Å². The lowest BCUT2D eigenvalue weighted by molar-refractivity contribution is 0.100. The Bertz CT molecular complexity index is 337. The van der Waals surface area contributed by atoms with E-state index in [1.807, 2.05) is 0 Å². The highest BCUT2D eigenvalue weighted by Crippen LogP contribution is 2.40. The van der Waals surface area contributed by atoms with Crippen molar-refractivity contribution in [2.45, 2.75) is 39.2 Å². The average Bonchev–Trinajstić information content (AvgIpc) is 3.24. The van der Waals surface area contributed by atoms with Gasteiger partial charge in [-0.1, -0.05) is 20.8 Å². The van der Waals surface area contributed by atoms with Gasteiger partial charge in [0.15, 0.2) is 0 Å². The summed E-state index contributed by atoms with van der Waals surface area (Å²) < 4.78 is 0. The monoisotopic (exact) mass is 278 g/mol. The summed E-state index contributed by atoms with van der Waals surface area (Å²) >= 11 is 0. The molecule has 1 heterocycles. The third kappa shape index (κ3) is 3.94. The Kier molecular flexibility index (Phi) is 5.42. The van der Waals surface area contributed by atoms with Gasteiger partial charge in [-0.25, -0.2) is 0 Å². The highest BCUT2D eigenvalue weighted by Gasteiger charge is 2.46. The molecular formula is C16H30N4. The lowest BCUT2D eigenvalue weighted by atomic mass is 9.93. The molecule has 1 saturated heterocycles. The number of nitrogens with zero attached hydrogens (tertiary/aromatic N) is 3. The van der Waals surface area contributed by atoms with Gasteiger partial charge in [0, 0.05) is 39.3 Å². The molecule has 0 bridgehead atoms. The minimum Gasteiger partial charge on any atom is -0.301 e. The second-order valence-corrected chi connectivity index (χ2v) is 6.86. The van der Waals surface area contributed by atoms with Crippen molar-refractivity contribution in [1.29, 1.82) is 5.26 Å². The highest BCUT2D eigenvalue weighted by atomic mass is 15.3. The summed E-state index contributed by atoms with van der Waals surface area (Å²) in [6, 6.07) is 2.60. The number of hydrogen-bond donors (Lipinski definition) is 1. The maximum absolute atomic E-state index is 9.67. The van der Waals surface area contributed by atoms with Crippen LogP contribution >= 0.6 is 0 Å². The minimum absolute atomic E-state index is 0.297. The quantitative estimate of drug-likeness (QED) is 0.767. The first-order chi connectivity index (χ1) is 9.59. The van der Waals surface area contributed by atoms with Gasteiger partial charge in [0.2, 0.25) is 0 Å². The van der Waals surface area contributed by atoms with Crippen LogP contribution in [0.2, 0.25) is 0 Å². The summed E-state index contributed by atoms with van der Waals surface area (Å²) in [6.45, 7) is 14.2. The fraction of sp³-hybridized carbons (Fsp3) is 0.938. The number of nitrogens with one attached hydrogen (secondary N) is 1. The molecular weight excluding hydrogens is 248 g/mol. The van der Waals surface area contributed by atoms with Crippen molar-refractivity contribution in [2.24, 2.45) is 11.8 Å². The number of rotatable bonds is 7. The fourth-order valence-electron chi connectivity index (χ4n) is 3.39. The van der Waals surface area contributed by atoms with Crippen LogP contribution in [0.15, 0.2) is 0 Å². The van der Waals surface area contributed by atoms with Crippen molar-refractivity contribution < 1.29 is 0 Å². The van der Waals surface area contributed by atoms with E-state index in [-0.39, 0.29) is 5.54 Å². The van der Waals surface area contributed by atoms with Gasteiger partial charge < -0.3 is 4.90 Å². The smallest absolute Gasteiger partial charge is 0.122 e. The summed E-state index contributed by atoms with van der Waals surface area (Å²) in [5.41, 5.74) is -0.297. The normalized spacial score (nSPS) is 24.6. The van der Waals surface area contributed by atoms with Gasteiger partial charge >= 0.3 is 0 Å². The van der Waals surface area contributed by atoms with E-state index in [9.17, 15) is 5.26 Å². The zero-order valence-corrected chi connectivity index (χ0v) is 13.4. The third-order valence-corrected chi connectivity index (χ3v) is 4.53. The van der Waals surface area contributed by atoms with Crippen molar-refractivity contribution in [3.8, 4) is 6.07 Å². The predicted octanol–water partition coefficient (Wildman–Crippen LogP) is 1.54. The summed E-state index contributed by atoms with van der Waals surface area (Å²) in [7, 11) is 0. The van der Waals surface area contributed by atoms with E-state index in [4.69, 9.17) is 0 Å². The molecule has 1 unspecified atom stereocenters. The van der Waals surface area contributed by atoms with Crippen LogP contribution in [0.25, 0.3) is 0 Å². The number of piperazine rings is 1. The predicted molar refractivity (Wildman–Crippen MR) is 82.5 cm³/mol. The zero-order valence-electron chi connectivity index (χ0n) is 13.4.